The highest BCUT2D eigenvalue weighted by molar-refractivity contribution is 7.10. The van der Waals surface area contributed by atoms with Gasteiger partial charge in [-0.25, -0.2) is 0 Å². The van der Waals surface area contributed by atoms with Crippen LogP contribution in [0.4, 0.5) is 8.78 Å². The largest absolute Gasteiger partial charge is 0.469 e. The normalized spacial score (nSPS) is 11.4. The summed E-state index contributed by atoms with van der Waals surface area (Å²) in [6.45, 7) is 2.07. The molecule has 0 radical (unpaired) electrons. The number of thiophene rings is 2. The summed E-state index contributed by atoms with van der Waals surface area (Å²) in [5.41, 5.74) is 0. The molecule has 3 aromatic heterocycles. The molecule has 0 amide bonds. The van der Waals surface area contributed by atoms with Crippen LogP contribution in [-0.2, 0) is 19.5 Å². The van der Waals surface area contributed by atoms with E-state index in [0.29, 0.717) is 13.1 Å². The second-order valence-corrected chi connectivity index (χ2v) is 7.19. The van der Waals surface area contributed by atoms with E-state index in [-0.39, 0.29) is 10.3 Å². The predicted octanol–water partition coefficient (Wildman–Crippen LogP) is 4.93. The molecule has 22 heavy (non-hydrogen) atoms. The molecule has 0 unspecified atom stereocenters. The van der Waals surface area contributed by atoms with Crippen LogP contribution in [0.5, 0.6) is 0 Å². The molecule has 0 atom stereocenters. The Balaban J connectivity index is 1.66. The van der Waals surface area contributed by atoms with Gasteiger partial charge in [-0.2, -0.15) is 8.78 Å². The van der Waals surface area contributed by atoms with E-state index >= 15 is 0 Å². The first-order valence-corrected chi connectivity index (χ1v) is 8.55. The lowest BCUT2D eigenvalue weighted by molar-refractivity contribution is 0.258. The lowest BCUT2D eigenvalue weighted by atomic mass is 10.3. The summed E-state index contributed by atoms with van der Waals surface area (Å²) in [5, 5.41) is -0.355. The van der Waals surface area contributed by atoms with E-state index < -0.39 is 0 Å². The summed E-state index contributed by atoms with van der Waals surface area (Å²) in [7, 11) is 0. The maximum atomic E-state index is 13.2. The molecule has 0 saturated heterocycles. The van der Waals surface area contributed by atoms with Gasteiger partial charge in [0.1, 0.15) is 5.76 Å². The minimum absolute atomic E-state index is 0.178. The Morgan fingerprint density at radius 1 is 0.909 bits per heavy atom. The molecule has 0 fully saturated rings. The van der Waals surface area contributed by atoms with E-state index in [2.05, 4.69) is 4.90 Å². The van der Waals surface area contributed by atoms with Crippen LogP contribution in [-0.4, -0.2) is 11.4 Å². The van der Waals surface area contributed by atoms with Crippen LogP contribution in [0.15, 0.2) is 47.1 Å². The van der Waals surface area contributed by atoms with Crippen molar-refractivity contribution >= 4 is 22.7 Å². The van der Waals surface area contributed by atoms with Crippen LogP contribution >= 0.6 is 22.7 Å². The van der Waals surface area contributed by atoms with Gasteiger partial charge in [0, 0.05) is 35.8 Å². The van der Waals surface area contributed by atoms with Crippen LogP contribution in [0, 0.1) is 10.3 Å². The summed E-state index contributed by atoms with van der Waals surface area (Å²) in [5.74, 6) is 0.916. The Bertz CT molecular complexity index is 663. The molecular formula is C16H15F2NOS2. The zero-order chi connectivity index (χ0) is 15.4. The molecule has 3 rings (SSSR count). The molecule has 0 aromatic carbocycles. The Morgan fingerprint density at radius 2 is 1.55 bits per heavy atom. The molecule has 0 aliphatic carbocycles. The minimum atomic E-state index is -0.178. The first kappa shape index (κ1) is 15.4. The van der Waals surface area contributed by atoms with Gasteiger partial charge in [0.2, 0.25) is 0 Å². The highest BCUT2D eigenvalue weighted by Crippen LogP contribution is 2.21. The highest BCUT2D eigenvalue weighted by atomic mass is 32.1. The molecule has 0 saturated carbocycles. The Morgan fingerprint density at radius 3 is 2.00 bits per heavy atom. The van der Waals surface area contributed by atoms with E-state index in [0.717, 1.165) is 51.2 Å². The summed E-state index contributed by atoms with van der Waals surface area (Å²) in [6, 6.07) is 10.4. The summed E-state index contributed by atoms with van der Waals surface area (Å²) in [4.78, 5) is 4.11. The van der Waals surface area contributed by atoms with Crippen molar-refractivity contribution in [2.75, 3.05) is 6.54 Å². The van der Waals surface area contributed by atoms with E-state index in [9.17, 15) is 8.78 Å². The SMILES string of the molecule is Fc1ccc(CN(CCc2ccco2)Cc2ccc(F)s2)s1. The number of hydrogen-bond acceptors (Lipinski definition) is 4. The van der Waals surface area contributed by atoms with Gasteiger partial charge in [0.15, 0.2) is 10.3 Å². The Kier molecular flexibility index (Phi) is 5.02. The number of nitrogens with zero attached hydrogens (tertiary/aromatic N) is 1. The Hall–Kier alpha value is -1.50. The number of halogens is 2. The highest BCUT2D eigenvalue weighted by Gasteiger charge is 2.12. The van der Waals surface area contributed by atoms with Gasteiger partial charge in [0.05, 0.1) is 6.26 Å². The van der Waals surface area contributed by atoms with E-state index in [1.807, 2.05) is 12.1 Å². The molecule has 0 N–H and O–H groups in total. The van der Waals surface area contributed by atoms with Crippen molar-refractivity contribution in [2.45, 2.75) is 19.5 Å². The molecule has 0 spiro atoms. The van der Waals surface area contributed by atoms with Crippen molar-refractivity contribution < 1.29 is 13.2 Å². The van der Waals surface area contributed by atoms with Gasteiger partial charge >= 0.3 is 0 Å². The lowest BCUT2D eigenvalue weighted by Gasteiger charge is -2.20. The average Bonchev–Trinajstić information content (AvgIpc) is 3.20. The molecular weight excluding hydrogens is 324 g/mol. The molecule has 0 aliphatic rings. The van der Waals surface area contributed by atoms with E-state index in [1.54, 1.807) is 18.4 Å². The van der Waals surface area contributed by atoms with Gasteiger partial charge in [-0.15, -0.1) is 22.7 Å². The lowest BCUT2D eigenvalue weighted by Crippen LogP contribution is -2.24. The predicted molar refractivity (Wildman–Crippen MR) is 85.1 cm³/mol. The van der Waals surface area contributed by atoms with E-state index in [4.69, 9.17) is 4.42 Å². The first-order valence-electron chi connectivity index (χ1n) is 6.92. The summed E-state index contributed by atoms with van der Waals surface area (Å²) in [6.07, 6.45) is 2.43. The first-order chi connectivity index (χ1) is 10.7. The minimum Gasteiger partial charge on any atom is -0.469 e. The Labute approximate surface area is 135 Å². The molecule has 0 aliphatic heterocycles. The van der Waals surface area contributed by atoms with Gasteiger partial charge in [0.25, 0.3) is 0 Å². The van der Waals surface area contributed by atoms with Gasteiger partial charge < -0.3 is 4.42 Å². The number of rotatable bonds is 7. The van der Waals surface area contributed by atoms with Crippen LogP contribution < -0.4 is 0 Å². The fourth-order valence-corrected chi connectivity index (χ4v) is 3.79. The van der Waals surface area contributed by atoms with E-state index in [1.165, 1.54) is 12.1 Å². The van der Waals surface area contributed by atoms with Crippen LogP contribution in [0.1, 0.15) is 15.5 Å². The number of hydrogen-bond donors (Lipinski definition) is 0. The second-order valence-electron chi connectivity index (χ2n) is 4.95. The van der Waals surface area contributed by atoms with Crippen molar-refractivity contribution in [2.24, 2.45) is 0 Å². The quantitative estimate of drug-likeness (QED) is 0.607. The van der Waals surface area contributed by atoms with Crippen molar-refractivity contribution in [3.8, 4) is 0 Å². The molecule has 2 nitrogen and oxygen atoms in total. The van der Waals surface area contributed by atoms with Crippen molar-refractivity contribution in [1.29, 1.82) is 0 Å². The molecule has 6 heteroatoms. The smallest absolute Gasteiger partial charge is 0.176 e. The topological polar surface area (TPSA) is 16.4 Å². The van der Waals surface area contributed by atoms with Gasteiger partial charge in [-0.05, 0) is 36.4 Å². The average molecular weight is 339 g/mol. The van der Waals surface area contributed by atoms with Crippen LogP contribution in [0.2, 0.25) is 0 Å². The fourth-order valence-electron chi connectivity index (χ4n) is 2.25. The third-order valence-electron chi connectivity index (χ3n) is 3.27. The fraction of sp³-hybridized carbons (Fsp3) is 0.250. The van der Waals surface area contributed by atoms with Gasteiger partial charge in [-0.1, -0.05) is 0 Å². The van der Waals surface area contributed by atoms with Crippen LogP contribution in [0.25, 0.3) is 0 Å². The third kappa shape index (κ3) is 4.25. The molecule has 3 aromatic rings. The summed E-state index contributed by atoms with van der Waals surface area (Å²) < 4.78 is 31.7. The van der Waals surface area contributed by atoms with Crippen molar-refractivity contribution in [1.82, 2.24) is 4.90 Å². The van der Waals surface area contributed by atoms with Crippen LogP contribution in [0.3, 0.4) is 0 Å². The van der Waals surface area contributed by atoms with Crippen molar-refractivity contribution in [3.63, 3.8) is 0 Å². The van der Waals surface area contributed by atoms with Gasteiger partial charge in [-0.3, -0.25) is 4.90 Å². The maximum absolute atomic E-state index is 13.2. The maximum Gasteiger partial charge on any atom is 0.176 e. The second kappa shape index (κ2) is 7.17. The summed E-state index contributed by atoms with van der Waals surface area (Å²) >= 11 is 2.31. The molecule has 0 bridgehead atoms. The molecule has 3 heterocycles. The zero-order valence-corrected chi connectivity index (χ0v) is 13.4. The zero-order valence-electron chi connectivity index (χ0n) is 11.8. The monoisotopic (exact) mass is 339 g/mol. The standard InChI is InChI=1S/C16H15F2NOS2/c17-15-5-3-13(21-15)10-19(8-7-12-2-1-9-20-12)11-14-4-6-16(18)22-14/h1-6,9H,7-8,10-11H2. The van der Waals surface area contributed by atoms with Crippen molar-refractivity contribution in [3.05, 3.63) is 68.4 Å². The third-order valence-corrected chi connectivity index (χ3v) is 4.99. The molecule has 116 valence electrons. The number of furan rings is 1.